The van der Waals surface area contributed by atoms with Crippen molar-refractivity contribution in [1.82, 2.24) is 0 Å². The second-order valence-electron chi connectivity index (χ2n) is 2.93. The highest BCUT2D eigenvalue weighted by Crippen LogP contribution is 2.32. The van der Waals surface area contributed by atoms with E-state index in [1.807, 2.05) is 41.8 Å². The minimum absolute atomic E-state index is 0.0892. The third kappa shape index (κ3) is 2.11. The fraction of sp³-hybridized carbons (Fsp3) is 0.0909. The van der Waals surface area contributed by atoms with Crippen molar-refractivity contribution in [3.8, 4) is 0 Å². The van der Waals surface area contributed by atoms with Gasteiger partial charge in [0.1, 0.15) is 0 Å². The summed E-state index contributed by atoms with van der Waals surface area (Å²) >= 11 is 13.8. The Kier molecular flexibility index (Phi) is 3.12. The van der Waals surface area contributed by atoms with E-state index in [-0.39, 0.29) is 5.38 Å². The summed E-state index contributed by atoms with van der Waals surface area (Å²) in [7, 11) is 0. The van der Waals surface area contributed by atoms with Crippen LogP contribution in [0, 0.1) is 0 Å². The Bertz CT molecular complexity index is 409. The van der Waals surface area contributed by atoms with E-state index in [4.69, 9.17) is 23.2 Å². The van der Waals surface area contributed by atoms with Gasteiger partial charge >= 0.3 is 0 Å². The molecule has 0 aliphatic rings. The summed E-state index contributed by atoms with van der Waals surface area (Å²) in [6.07, 6.45) is 0. The second kappa shape index (κ2) is 4.35. The van der Waals surface area contributed by atoms with Crippen LogP contribution in [0.15, 0.2) is 41.8 Å². The van der Waals surface area contributed by atoms with Gasteiger partial charge in [-0.05, 0) is 29.1 Å². The van der Waals surface area contributed by atoms with Crippen LogP contribution in [0.4, 0.5) is 0 Å². The molecule has 0 radical (unpaired) electrons. The summed E-state index contributed by atoms with van der Waals surface area (Å²) in [5.74, 6) is 0. The summed E-state index contributed by atoms with van der Waals surface area (Å²) in [4.78, 5) is 1.15. The van der Waals surface area contributed by atoms with Gasteiger partial charge in [0, 0.05) is 9.90 Å². The average Bonchev–Trinajstić information content (AvgIpc) is 2.69. The van der Waals surface area contributed by atoms with Gasteiger partial charge in [0.25, 0.3) is 0 Å². The zero-order valence-electron chi connectivity index (χ0n) is 7.28. The van der Waals surface area contributed by atoms with E-state index < -0.39 is 0 Å². The molecule has 0 fully saturated rings. The largest absolute Gasteiger partial charge is 0.147 e. The van der Waals surface area contributed by atoms with Crippen LogP contribution in [0.1, 0.15) is 15.8 Å². The molecule has 72 valence electrons. The number of benzene rings is 1. The summed E-state index contributed by atoms with van der Waals surface area (Å²) in [5.41, 5.74) is 1.04. The van der Waals surface area contributed by atoms with Gasteiger partial charge in [-0.1, -0.05) is 29.8 Å². The Morgan fingerprint density at radius 1 is 1.14 bits per heavy atom. The lowest BCUT2D eigenvalue weighted by Crippen LogP contribution is -1.88. The second-order valence-corrected chi connectivity index (χ2v) is 4.79. The Hall–Kier alpha value is -0.500. The molecule has 3 heteroatoms. The van der Waals surface area contributed by atoms with E-state index in [0.717, 1.165) is 15.5 Å². The zero-order chi connectivity index (χ0) is 9.97. The highest BCUT2D eigenvalue weighted by Gasteiger charge is 2.11. The first kappa shape index (κ1) is 10.0. The first-order valence-corrected chi connectivity index (χ1v) is 5.90. The maximum atomic E-state index is 6.30. The molecule has 0 saturated carbocycles. The van der Waals surface area contributed by atoms with Crippen LogP contribution < -0.4 is 0 Å². The molecule has 2 rings (SSSR count). The molecule has 0 aliphatic carbocycles. The van der Waals surface area contributed by atoms with Crippen molar-refractivity contribution in [1.29, 1.82) is 0 Å². The van der Waals surface area contributed by atoms with Crippen LogP contribution >= 0.6 is 34.5 Å². The number of hydrogen-bond donors (Lipinski definition) is 0. The van der Waals surface area contributed by atoms with Crippen LogP contribution in [0.25, 0.3) is 0 Å². The SMILES string of the molecule is Clc1cccc(C(Cl)c2cccs2)c1. The lowest BCUT2D eigenvalue weighted by Gasteiger charge is -2.07. The Labute approximate surface area is 97.1 Å². The van der Waals surface area contributed by atoms with Gasteiger partial charge in [-0.15, -0.1) is 22.9 Å². The van der Waals surface area contributed by atoms with Gasteiger partial charge in [-0.25, -0.2) is 0 Å². The standard InChI is InChI=1S/C11H8Cl2S/c12-9-4-1-3-8(7-9)11(13)10-5-2-6-14-10/h1-7,11H. The minimum Gasteiger partial charge on any atom is -0.147 e. The minimum atomic E-state index is -0.0892. The van der Waals surface area contributed by atoms with Crippen molar-refractivity contribution in [3.63, 3.8) is 0 Å². The number of halogens is 2. The summed E-state index contributed by atoms with van der Waals surface area (Å²) in [6, 6.07) is 11.7. The van der Waals surface area contributed by atoms with Crippen molar-refractivity contribution in [3.05, 3.63) is 57.2 Å². The molecule has 1 heterocycles. The fourth-order valence-electron chi connectivity index (χ4n) is 1.26. The number of thiophene rings is 1. The average molecular weight is 243 g/mol. The molecule has 0 saturated heterocycles. The quantitative estimate of drug-likeness (QED) is 0.669. The van der Waals surface area contributed by atoms with E-state index in [1.54, 1.807) is 11.3 Å². The van der Waals surface area contributed by atoms with Crippen molar-refractivity contribution >= 4 is 34.5 Å². The molecule has 0 spiro atoms. The maximum Gasteiger partial charge on any atom is 0.0928 e. The van der Waals surface area contributed by atoms with Crippen LogP contribution in [0.2, 0.25) is 5.02 Å². The smallest absolute Gasteiger partial charge is 0.0928 e. The molecule has 0 N–H and O–H groups in total. The predicted molar refractivity (Wildman–Crippen MR) is 63.5 cm³/mol. The third-order valence-electron chi connectivity index (χ3n) is 1.93. The van der Waals surface area contributed by atoms with Crippen molar-refractivity contribution in [2.24, 2.45) is 0 Å². The first-order chi connectivity index (χ1) is 6.77. The van der Waals surface area contributed by atoms with E-state index >= 15 is 0 Å². The third-order valence-corrected chi connectivity index (χ3v) is 3.72. The van der Waals surface area contributed by atoms with Gasteiger partial charge < -0.3 is 0 Å². The Morgan fingerprint density at radius 2 is 2.00 bits per heavy atom. The molecule has 2 aromatic rings. The van der Waals surface area contributed by atoms with Crippen LogP contribution in [-0.2, 0) is 0 Å². The molecule has 1 unspecified atom stereocenters. The van der Waals surface area contributed by atoms with E-state index in [2.05, 4.69) is 0 Å². The first-order valence-electron chi connectivity index (χ1n) is 4.20. The van der Waals surface area contributed by atoms with Gasteiger partial charge in [-0.2, -0.15) is 0 Å². The number of hydrogen-bond acceptors (Lipinski definition) is 1. The molecular weight excluding hydrogens is 235 g/mol. The molecule has 1 atom stereocenters. The molecule has 0 nitrogen and oxygen atoms in total. The normalized spacial score (nSPS) is 12.7. The Balaban J connectivity index is 2.32. The number of rotatable bonds is 2. The zero-order valence-corrected chi connectivity index (χ0v) is 9.61. The molecule has 1 aromatic carbocycles. The van der Waals surface area contributed by atoms with E-state index in [0.29, 0.717) is 0 Å². The summed E-state index contributed by atoms with van der Waals surface area (Å²) in [5, 5.41) is 2.66. The lowest BCUT2D eigenvalue weighted by molar-refractivity contribution is 1.18. The topological polar surface area (TPSA) is 0 Å². The van der Waals surface area contributed by atoms with Crippen molar-refractivity contribution in [2.45, 2.75) is 5.38 Å². The van der Waals surface area contributed by atoms with Crippen LogP contribution in [-0.4, -0.2) is 0 Å². The number of alkyl halides is 1. The predicted octanol–water partition coefficient (Wildman–Crippen LogP) is 4.73. The Morgan fingerprint density at radius 3 is 2.64 bits per heavy atom. The molecule has 14 heavy (non-hydrogen) atoms. The molecule has 0 amide bonds. The van der Waals surface area contributed by atoms with E-state index in [9.17, 15) is 0 Å². The van der Waals surface area contributed by atoms with Gasteiger partial charge in [0.15, 0.2) is 0 Å². The fourth-order valence-corrected chi connectivity index (χ4v) is 2.55. The van der Waals surface area contributed by atoms with Crippen LogP contribution in [0.3, 0.4) is 0 Å². The lowest BCUT2D eigenvalue weighted by atomic mass is 10.1. The van der Waals surface area contributed by atoms with Gasteiger partial charge in [-0.3, -0.25) is 0 Å². The molecule has 0 bridgehead atoms. The highest BCUT2D eigenvalue weighted by molar-refractivity contribution is 7.10. The molecular formula is C11H8Cl2S. The summed E-state index contributed by atoms with van der Waals surface area (Å²) < 4.78 is 0. The summed E-state index contributed by atoms with van der Waals surface area (Å²) in [6.45, 7) is 0. The van der Waals surface area contributed by atoms with Crippen molar-refractivity contribution < 1.29 is 0 Å². The van der Waals surface area contributed by atoms with Gasteiger partial charge in [0.2, 0.25) is 0 Å². The van der Waals surface area contributed by atoms with Crippen LogP contribution in [0.5, 0.6) is 0 Å². The van der Waals surface area contributed by atoms with E-state index in [1.165, 1.54) is 0 Å². The maximum absolute atomic E-state index is 6.30. The van der Waals surface area contributed by atoms with Gasteiger partial charge in [0.05, 0.1) is 5.38 Å². The molecule has 1 aromatic heterocycles. The van der Waals surface area contributed by atoms with Crippen molar-refractivity contribution in [2.75, 3.05) is 0 Å². The monoisotopic (exact) mass is 242 g/mol. The highest BCUT2D eigenvalue weighted by atomic mass is 35.5. The molecule has 0 aliphatic heterocycles.